The average molecular weight is 273 g/mol. The van der Waals surface area contributed by atoms with Crippen LogP contribution in [0, 0.1) is 11.3 Å². The first kappa shape index (κ1) is 15.2. The minimum absolute atomic E-state index is 0.0000898. The van der Waals surface area contributed by atoms with Gasteiger partial charge in [-0.05, 0) is 25.5 Å². The maximum absolute atomic E-state index is 12.5. The third-order valence-electron chi connectivity index (χ3n) is 2.70. The number of rotatable bonds is 4. The summed E-state index contributed by atoms with van der Waals surface area (Å²) in [6.45, 7) is 3.29. The lowest BCUT2D eigenvalue weighted by molar-refractivity contribution is -0.141. The molecule has 104 valence electrons. The van der Waals surface area contributed by atoms with E-state index in [4.69, 9.17) is 5.26 Å². The molecule has 0 aliphatic rings. The highest BCUT2D eigenvalue weighted by Crippen LogP contribution is 2.29. The predicted molar refractivity (Wildman–Crippen MR) is 63.4 cm³/mol. The van der Waals surface area contributed by atoms with Gasteiger partial charge in [-0.15, -0.1) is 0 Å². The lowest BCUT2D eigenvalue weighted by Crippen LogP contribution is -2.33. The maximum atomic E-state index is 12.5. The Morgan fingerprint density at radius 1 is 1.42 bits per heavy atom. The number of anilines is 1. The predicted octanol–water partition coefficient (Wildman–Crippen LogP) is 2.54. The molecule has 0 spiro atoms. The molecule has 1 aromatic rings. The van der Waals surface area contributed by atoms with Crippen LogP contribution in [0.5, 0.6) is 0 Å². The maximum Gasteiger partial charge on any atom is 0.433 e. The topological polar surface area (TPSA) is 68.9 Å². The van der Waals surface area contributed by atoms with E-state index in [1.54, 1.807) is 19.9 Å². The molecule has 7 heteroatoms. The summed E-state index contributed by atoms with van der Waals surface area (Å²) >= 11 is 0. The van der Waals surface area contributed by atoms with Gasteiger partial charge >= 0.3 is 6.18 Å². The largest absolute Gasteiger partial charge is 0.433 e. The molecule has 19 heavy (non-hydrogen) atoms. The van der Waals surface area contributed by atoms with Gasteiger partial charge in [-0.2, -0.15) is 18.4 Å². The molecule has 4 nitrogen and oxygen atoms in total. The highest BCUT2D eigenvalue weighted by atomic mass is 19.4. The van der Waals surface area contributed by atoms with Crippen molar-refractivity contribution in [2.24, 2.45) is 0 Å². The van der Waals surface area contributed by atoms with Crippen molar-refractivity contribution < 1.29 is 18.3 Å². The van der Waals surface area contributed by atoms with Crippen molar-refractivity contribution in [3.05, 3.63) is 23.4 Å². The number of halogens is 3. The number of nitriles is 1. The molecule has 1 unspecified atom stereocenters. The Morgan fingerprint density at radius 3 is 2.53 bits per heavy atom. The number of nitrogens with zero attached hydrogens (tertiary/aromatic N) is 2. The van der Waals surface area contributed by atoms with Gasteiger partial charge in [0.05, 0.1) is 11.2 Å². The highest BCUT2D eigenvalue weighted by Gasteiger charge is 2.33. The molecular formula is C12H14F3N3O. The van der Waals surface area contributed by atoms with Crippen LogP contribution in [0.4, 0.5) is 19.0 Å². The third-order valence-corrected chi connectivity index (χ3v) is 2.70. The van der Waals surface area contributed by atoms with Gasteiger partial charge in [-0.3, -0.25) is 0 Å². The normalized spacial score (nSPS) is 14.6. The summed E-state index contributed by atoms with van der Waals surface area (Å²) in [5, 5.41) is 21.2. The Kier molecular flexibility index (Phi) is 4.37. The molecule has 0 fully saturated rings. The highest BCUT2D eigenvalue weighted by molar-refractivity contribution is 5.52. The summed E-state index contributed by atoms with van der Waals surface area (Å²) in [6.07, 6.45) is -4.15. The lowest BCUT2D eigenvalue weighted by Gasteiger charge is -2.22. The Hall–Kier alpha value is -1.81. The average Bonchev–Trinajstić information content (AvgIpc) is 2.35. The van der Waals surface area contributed by atoms with Crippen molar-refractivity contribution in [2.45, 2.75) is 32.0 Å². The van der Waals surface area contributed by atoms with Crippen molar-refractivity contribution >= 4 is 5.82 Å². The van der Waals surface area contributed by atoms with Crippen molar-refractivity contribution in [2.75, 3.05) is 11.9 Å². The van der Waals surface area contributed by atoms with Crippen LogP contribution in [0.3, 0.4) is 0 Å². The molecule has 0 aliphatic heterocycles. The Labute approximate surface area is 108 Å². The first-order valence-electron chi connectivity index (χ1n) is 5.64. The number of hydrogen-bond acceptors (Lipinski definition) is 4. The van der Waals surface area contributed by atoms with E-state index >= 15 is 0 Å². The third kappa shape index (κ3) is 4.10. The van der Waals surface area contributed by atoms with Crippen LogP contribution in [0.1, 0.15) is 31.5 Å². The Morgan fingerprint density at radius 2 is 2.05 bits per heavy atom. The molecule has 0 saturated heterocycles. The van der Waals surface area contributed by atoms with Crippen LogP contribution in [-0.4, -0.2) is 22.2 Å². The van der Waals surface area contributed by atoms with Gasteiger partial charge < -0.3 is 10.4 Å². The van der Waals surface area contributed by atoms with Gasteiger partial charge in [0, 0.05) is 6.54 Å². The minimum atomic E-state index is -4.57. The summed E-state index contributed by atoms with van der Waals surface area (Å²) in [5.74, 6) is -0.175. The number of hydrogen-bond donors (Lipinski definition) is 2. The van der Waals surface area contributed by atoms with Gasteiger partial charge in [0.2, 0.25) is 0 Å². The van der Waals surface area contributed by atoms with Crippen molar-refractivity contribution in [1.82, 2.24) is 4.98 Å². The lowest BCUT2D eigenvalue weighted by atomic mass is 10.0. The fourth-order valence-corrected chi connectivity index (χ4v) is 1.24. The fourth-order valence-electron chi connectivity index (χ4n) is 1.24. The number of nitrogens with one attached hydrogen (secondary N) is 1. The molecule has 0 bridgehead atoms. The molecule has 1 rings (SSSR count). The van der Waals surface area contributed by atoms with E-state index in [-0.39, 0.29) is 17.9 Å². The SMILES string of the molecule is CCC(C)(O)CNc1nc(C(F)(F)F)ccc1C#N. The van der Waals surface area contributed by atoms with Crippen LogP contribution in [-0.2, 0) is 6.18 Å². The summed E-state index contributed by atoms with van der Waals surface area (Å²) < 4.78 is 37.6. The smallest absolute Gasteiger partial charge is 0.388 e. The van der Waals surface area contributed by atoms with E-state index in [9.17, 15) is 18.3 Å². The molecule has 0 aliphatic carbocycles. The Balaban J connectivity index is 3.01. The number of aliphatic hydroxyl groups is 1. The van der Waals surface area contributed by atoms with Crippen LogP contribution < -0.4 is 5.32 Å². The van der Waals surface area contributed by atoms with Crippen molar-refractivity contribution in [1.29, 1.82) is 5.26 Å². The van der Waals surface area contributed by atoms with E-state index in [0.29, 0.717) is 6.42 Å². The van der Waals surface area contributed by atoms with Crippen molar-refractivity contribution in [3.8, 4) is 6.07 Å². The molecule has 0 saturated carbocycles. The summed E-state index contributed by atoms with van der Waals surface area (Å²) in [6, 6.07) is 3.56. The number of pyridine rings is 1. The molecule has 0 radical (unpaired) electrons. The van der Waals surface area contributed by atoms with Crippen LogP contribution in [0.2, 0.25) is 0 Å². The molecule has 1 heterocycles. The summed E-state index contributed by atoms with van der Waals surface area (Å²) in [5.41, 5.74) is -2.16. The quantitative estimate of drug-likeness (QED) is 0.884. The summed E-state index contributed by atoms with van der Waals surface area (Å²) in [7, 11) is 0. The second kappa shape index (κ2) is 5.45. The van der Waals surface area contributed by atoms with Crippen molar-refractivity contribution in [3.63, 3.8) is 0 Å². The van der Waals surface area contributed by atoms with Gasteiger partial charge in [-0.1, -0.05) is 6.92 Å². The van der Waals surface area contributed by atoms with E-state index in [2.05, 4.69) is 10.3 Å². The fraction of sp³-hybridized carbons (Fsp3) is 0.500. The second-order valence-corrected chi connectivity index (χ2v) is 4.41. The standard InChI is InChI=1S/C12H14F3N3O/c1-3-11(2,19)7-17-10-8(6-16)4-5-9(18-10)12(13,14)15/h4-5,19H,3,7H2,1-2H3,(H,17,18). The second-order valence-electron chi connectivity index (χ2n) is 4.41. The number of alkyl halides is 3. The molecule has 0 amide bonds. The van der Waals surface area contributed by atoms with Gasteiger partial charge in [0.1, 0.15) is 17.6 Å². The molecule has 0 aromatic carbocycles. The zero-order valence-corrected chi connectivity index (χ0v) is 10.5. The van der Waals surface area contributed by atoms with E-state index in [0.717, 1.165) is 12.1 Å². The van der Waals surface area contributed by atoms with E-state index in [1.165, 1.54) is 0 Å². The Bertz CT molecular complexity index is 492. The van der Waals surface area contributed by atoms with E-state index in [1.807, 2.05) is 0 Å². The number of aromatic nitrogens is 1. The first-order chi connectivity index (χ1) is 8.69. The summed E-state index contributed by atoms with van der Waals surface area (Å²) in [4.78, 5) is 3.38. The van der Waals surface area contributed by atoms with E-state index < -0.39 is 17.5 Å². The molecular weight excluding hydrogens is 259 g/mol. The van der Waals surface area contributed by atoms with Crippen LogP contribution >= 0.6 is 0 Å². The van der Waals surface area contributed by atoms with Gasteiger partial charge in [-0.25, -0.2) is 4.98 Å². The first-order valence-corrected chi connectivity index (χ1v) is 5.64. The monoisotopic (exact) mass is 273 g/mol. The molecule has 2 N–H and O–H groups in total. The zero-order chi connectivity index (χ0) is 14.7. The molecule has 1 atom stereocenters. The molecule has 1 aromatic heterocycles. The van der Waals surface area contributed by atoms with Gasteiger partial charge in [0.25, 0.3) is 0 Å². The van der Waals surface area contributed by atoms with Gasteiger partial charge in [0.15, 0.2) is 0 Å². The zero-order valence-electron chi connectivity index (χ0n) is 10.5. The van der Waals surface area contributed by atoms with Crippen LogP contribution in [0.15, 0.2) is 12.1 Å². The minimum Gasteiger partial charge on any atom is -0.388 e. The van der Waals surface area contributed by atoms with Crippen LogP contribution in [0.25, 0.3) is 0 Å².